The highest BCUT2D eigenvalue weighted by Crippen LogP contribution is 2.28. The van der Waals surface area contributed by atoms with Gasteiger partial charge in [-0.05, 0) is 18.4 Å². The maximum absolute atomic E-state index is 6.00. The smallest absolute Gasteiger partial charge is 0.158 e. The van der Waals surface area contributed by atoms with Crippen LogP contribution in [0.3, 0.4) is 0 Å². The van der Waals surface area contributed by atoms with Gasteiger partial charge in [0.15, 0.2) is 6.29 Å². The molecule has 0 amide bonds. The van der Waals surface area contributed by atoms with E-state index < -0.39 is 0 Å². The zero-order valence-corrected chi connectivity index (χ0v) is 14.1. The summed E-state index contributed by atoms with van der Waals surface area (Å²) in [5, 5.41) is 0. The highest BCUT2D eigenvalue weighted by Gasteiger charge is 2.26. The van der Waals surface area contributed by atoms with Crippen molar-refractivity contribution in [3.63, 3.8) is 0 Å². The summed E-state index contributed by atoms with van der Waals surface area (Å²) in [5.41, 5.74) is 1.23. The molecule has 1 aliphatic heterocycles. The van der Waals surface area contributed by atoms with Crippen molar-refractivity contribution in [2.45, 2.75) is 83.5 Å². The molecule has 0 aliphatic carbocycles. The van der Waals surface area contributed by atoms with Crippen molar-refractivity contribution in [3.05, 3.63) is 35.9 Å². The van der Waals surface area contributed by atoms with E-state index in [9.17, 15) is 0 Å². The summed E-state index contributed by atoms with van der Waals surface area (Å²) in [6, 6.07) is 10.4. The van der Waals surface area contributed by atoms with Crippen molar-refractivity contribution in [2.24, 2.45) is 0 Å². The van der Waals surface area contributed by atoms with Gasteiger partial charge < -0.3 is 9.47 Å². The molecule has 1 fully saturated rings. The van der Waals surface area contributed by atoms with E-state index in [0.29, 0.717) is 6.61 Å². The molecule has 124 valence electrons. The van der Waals surface area contributed by atoms with Crippen LogP contribution in [0.15, 0.2) is 30.3 Å². The van der Waals surface area contributed by atoms with E-state index in [-0.39, 0.29) is 12.4 Å². The fraction of sp³-hybridized carbons (Fsp3) is 0.700. The molecule has 1 aliphatic rings. The van der Waals surface area contributed by atoms with Crippen LogP contribution in [0, 0.1) is 0 Å². The van der Waals surface area contributed by atoms with Gasteiger partial charge in [-0.25, -0.2) is 0 Å². The summed E-state index contributed by atoms with van der Waals surface area (Å²) in [6.45, 7) is 2.97. The van der Waals surface area contributed by atoms with Crippen LogP contribution in [-0.2, 0) is 9.47 Å². The molecule has 0 unspecified atom stereocenters. The van der Waals surface area contributed by atoms with Gasteiger partial charge in [0, 0.05) is 0 Å². The molecule has 0 N–H and O–H groups in total. The third-order valence-corrected chi connectivity index (χ3v) is 4.46. The molecular weight excluding hydrogens is 272 g/mol. The van der Waals surface area contributed by atoms with Gasteiger partial charge >= 0.3 is 0 Å². The number of rotatable bonds is 11. The van der Waals surface area contributed by atoms with Gasteiger partial charge in [-0.3, -0.25) is 0 Å². The maximum Gasteiger partial charge on any atom is 0.158 e. The van der Waals surface area contributed by atoms with Crippen LogP contribution in [-0.4, -0.2) is 12.9 Å². The Morgan fingerprint density at radius 3 is 2.18 bits per heavy atom. The standard InChI is InChI=1S/C20H32O2/c1-2-3-4-5-6-7-8-9-13-16-20-21-17-19(22-20)18-14-11-10-12-15-18/h10-12,14-15,19-20H,2-9,13,16-17H2,1H3/t19-,20+/m1/s1. The van der Waals surface area contributed by atoms with Crippen LogP contribution < -0.4 is 0 Å². The Kier molecular flexibility index (Phi) is 8.59. The lowest BCUT2D eigenvalue weighted by Crippen LogP contribution is -2.07. The van der Waals surface area contributed by atoms with E-state index in [4.69, 9.17) is 9.47 Å². The molecule has 1 aromatic rings. The first-order valence-corrected chi connectivity index (χ1v) is 9.22. The fourth-order valence-electron chi connectivity index (χ4n) is 3.07. The molecule has 2 nitrogen and oxygen atoms in total. The van der Waals surface area contributed by atoms with Crippen molar-refractivity contribution >= 4 is 0 Å². The molecule has 0 spiro atoms. The fourth-order valence-corrected chi connectivity index (χ4v) is 3.07. The van der Waals surface area contributed by atoms with E-state index in [0.717, 1.165) is 6.42 Å². The lowest BCUT2D eigenvalue weighted by molar-refractivity contribution is -0.0637. The van der Waals surface area contributed by atoms with Gasteiger partial charge in [0.2, 0.25) is 0 Å². The Bertz CT molecular complexity index is 377. The van der Waals surface area contributed by atoms with Crippen LogP contribution in [0.25, 0.3) is 0 Å². The molecule has 1 aromatic carbocycles. The van der Waals surface area contributed by atoms with Gasteiger partial charge in [0.05, 0.1) is 6.61 Å². The molecule has 0 saturated carbocycles. The third-order valence-electron chi connectivity index (χ3n) is 4.46. The SMILES string of the molecule is CCCCCCCCCCC[C@H]1OC[C@H](c2ccccc2)O1. The summed E-state index contributed by atoms with van der Waals surface area (Å²) in [7, 11) is 0. The van der Waals surface area contributed by atoms with Gasteiger partial charge in [-0.1, -0.05) is 88.6 Å². The van der Waals surface area contributed by atoms with Crippen LogP contribution in [0.2, 0.25) is 0 Å². The van der Waals surface area contributed by atoms with Gasteiger partial charge in [-0.15, -0.1) is 0 Å². The number of unbranched alkanes of at least 4 members (excludes halogenated alkanes) is 8. The number of hydrogen-bond acceptors (Lipinski definition) is 2. The van der Waals surface area contributed by atoms with Gasteiger partial charge in [0.1, 0.15) is 6.10 Å². The molecule has 1 heterocycles. The van der Waals surface area contributed by atoms with Crippen molar-refractivity contribution in [1.29, 1.82) is 0 Å². The lowest BCUT2D eigenvalue weighted by atomic mass is 10.1. The average Bonchev–Trinajstić information content (AvgIpc) is 3.03. The first-order valence-electron chi connectivity index (χ1n) is 9.22. The molecule has 0 aromatic heterocycles. The monoisotopic (exact) mass is 304 g/mol. The Hall–Kier alpha value is -0.860. The molecule has 0 radical (unpaired) electrons. The second kappa shape index (κ2) is 10.8. The third kappa shape index (κ3) is 6.50. The summed E-state index contributed by atoms with van der Waals surface area (Å²) in [6.07, 6.45) is 13.5. The second-order valence-electron chi connectivity index (χ2n) is 6.42. The molecular formula is C20H32O2. The van der Waals surface area contributed by atoms with Crippen LogP contribution in [0.1, 0.15) is 82.8 Å². The van der Waals surface area contributed by atoms with Crippen molar-refractivity contribution in [1.82, 2.24) is 0 Å². The highest BCUT2D eigenvalue weighted by atomic mass is 16.7. The number of ether oxygens (including phenoxy) is 2. The topological polar surface area (TPSA) is 18.5 Å². The Labute approximate surface area is 136 Å². The first-order chi connectivity index (χ1) is 10.9. The molecule has 22 heavy (non-hydrogen) atoms. The van der Waals surface area contributed by atoms with E-state index in [1.54, 1.807) is 0 Å². The quantitative estimate of drug-likeness (QED) is 0.465. The van der Waals surface area contributed by atoms with Crippen LogP contribution >= 0.6 is 0 Å². The van der Waals surface area contributed by atoms with E-state index >= 15 is 0 Å². The lowest BCUT2D eigenvalue weighted by Gasteiger charge is -2.11. The molecule has 1 saturated heterocycles. The molecule has 2 atom stereocenters. The number of hydrogen-bond donors (Lipinski definition) is 0. The van der Waals surface area contributed by atoms with E-state index in [1.165, 1.54) is 63.4 Å². The zero-order chi connectivity index (χ0) is 15.5. The number of benzene rings is 1. The minimum atomic E-state index is 0.00904. The normalized spacial score (nSPS) is 21.3. The summed E-state index contributed by atoms with van der Waals surface area (Å²) >= 11 is 0. The van der Waals surface area contributed by atoms with E-state index in [2.05, 4.69) is 31.2 Å². The maximum atomic E-state index is 6.00. The van der Waals surface area contributed by atoms with Gasteiger partial charge in [-0.2, -0.15) is 0 Å². The van der Waals surface area contributed by atoms with Gasteiger partial charge in [0.25, 0.3) is 0 Å². The Morgan fingerprint density at radius 1 is 0.864 bits per heavy atom. The minimum Gasteiger partial charge on any atom is -0.350 e. The predicted molar refractivity (Wildman–Crippen MR) is 91.9 cm³/mol. The largest absolute Gasteiger partial charge is 0.350 e. The van der Waals surface area contributed by atoms with Crippen molar-refractivity contribution in [3.8, 4) is 0 Å². The predicted octanol–water partition coefficient (Wildman–Crippen LogP) is 6.02. The second-order valence-corrected chi connectivity index (χ2v) is 6.42. The minimum absolute atomic E-state index is 0.00904. The Balaban J connectivity index is 1.47. The van der Waals surface area contributed by atoms with Crippen molar-refractivity contribution < 1.29 is 9.47 Å². The Morgan fingerprint density at radius 2 is 1.50 bits per heavy atom. The summed E-state index contributed by atoms with van der Waals surface area (Å²) < 4.78 is 11.8. The van der Waals surface area contributed by atoms with Crippen LogP contribution in [0.4, 0.5) is 0 Å². The van der Waals surface area contributed by atoms with Crippen LogP contribution in [0.5, 0.6) is 0 Å². The first kappa shape index (κ1) is 17.5. The summed E-state index contributed by atoms with van der Waals surface area (Å²) in [5.74, 6) is 0. The molecule has 2 rings (SSSR count). The van der Waals surface area contributed by atoms with Crippen molar-refractivity contribution in [2.75, 3.05) is 6.61 Å². The summed E-state index contributed by atoms with van der Waals surface area (Å²) in [4.78, 5) is 0. The highest BCUT2D eigenvalue weighted by molar-refractivity contribution is 5.18. The molecule has 2 heteroatoms. The zero-order valence-electron chi connectivity index (χ0n) is 14.1. The average molecular weight is 304 g/mol. The molecule has 0 bridgehead atoms. The van der Waals surface area contributed by atoms with E-state index in [1.807, 2.05) is 6.07 Å².